The van der Waals surface area contributed by atoms with E-state index in [1.807, 2.05) is 29.3 Å². The van der Waals surface area contributed by atoms with Gasteiger partial charge in [0.25, 0.3) is 11.8 Å². The number of hydrogen-bond donors (Lipinski definition) is 0. The number of piperidine rings is 1. The van der Waals surface area contributed by atoms with Crippen molar-refractivity contribution < 1.29 is 9.21 Å². The SMILES string of the molecule is Cc1nnsc1C(=O)N1CCCC(c2nnc(-c3cccs3)o2)C1. The van der Waals surface area contributed by atoms with Gasteiger partial charge in [0.05, 0.1) is 16.5 Å². The molecular weight excluding hydrogens is 346 g/mol. The molecule has 0 spiro atoms. The van der Waals surface area contributed by atoms with E-state index in [0.717, 1.165) is 35.8 Å². The smallest absolute Gasteiger partial charge is 0.267 e. The minimum Gasteiger partial charge on any atom is -0.420 e. The van der Waals surface area contributed by atoms with E-state index in [0.29, 0.717) is 28.9 Å². The fourth-order valence-electron chi connectivity index (χ4n) is 2.83. The van der Waals surface area contributed by atoms with Crippen LogP contribution < -0.4 is 0 Å². The molecule has 0 saturated carbocycles. The number of carbonyl (C=O) groups is 1. The lowest BCUT2D eigenvalue weighted by molar-refractivity contribution is 0.0702. The van der Waals surface area contributed by atoms with Crippen molar-refractivity contribution in [2.45, 2.75) is 25.7 Å². The molecule has 1 atom stereocenters. The summed E-state index contributed by atoms with van der Waals surface area (Å²) in [5.41, 5.74) is 0.685. The summed E-state index contributed by atoms with van der Waals surface area (Å²) in [6, 6.07) is 3.91. The van der Waals surface area contributed by atoms with Gasteiger partial charge in [-0.3, -0.25) is 4.79 Å². The summed E-state index contributed by atoms with van der Waals surface area (Å²) < 4.78 is 9.69. The molecule has 7 nitrogen and oxygen atoms in total. The zero-order valence-electron chi connectivity index (χ0n) is 13.0. The van der Waals surface area contributed by atoms with Gasteiger partial charge in [-0.2, -0.15) is 0 Å². The highest BCUT2D eigenvalue weighted by Gasteiger charge is 2.30. The van der Waals surface area contributed by atoms with Gasteiger partial charge in [0.15, 0.2) is 0 Å². The molecule has 1 amide bonds. The van der Waals surface area contributed by atoms with Gasteiger partial charge in [0.1, 0.15) is 4.88 Å². The molecular formula is C15H15N5O2S2. The number of thiophene rings is 1. The van der Waals surface area contributed by atoms with Gasteiger partial charge in [0.2, 0.25) is 5.89 Å². The summed E-state index contributed by atoms with van der Waals surface area (Å²) in [5, 5.41) is 14.2. The lowest BCUT2D eigenvalue weighted by atomic mass is 9.98. The molecule has 9 heteroatoms. The van der Waals surface area contributed by atoms with Crippen molar-refractivity contribution in [3.05, 3.63) is 34.0 Å². The summed E-state index contributed by atoms with van der Waals surface area (Å²) in [4.78, 5) is 16.1. The second-order valence-electron chi connectivity index (χ2n) is 5.70. The number of nitrogens with zero attached hydrogens (tertiary/aromatic N) is 5. The summed E-state index contributed by atoms with van der Waals surface area (Å²) in [7, 11) is 0. The van der Waals surface area contributed by atoms with Crippen molar-refractivity contribution in [2.75, 3.05) is 13.1 Å². The molecule has 0 aromatic carbocycles. The van der Waals surface area contributed by atoms with Gasteiger partial charge in [-0.1, -0.05) is 10.6 Å². The third-order valence-electron chi connectivity index (χ3n) is 4.08. The van der Waals surface area contributed by atoms with Crippen LogP contribution in [0.5, 0.6) is 0 Å². The van der Waals surface area contributed by atoms with Crippen LogP contribution in [0.2, 0.25) is 0 Å². The van der Waals surface area contributed by atoms with Crippen molar-refractivity contribution in [1.29, 1.82) is 0 Å². The maximum atomic E-state index is 12.6. The molecule has 124 valence electrons. The number of hydrogen-bond acceptors (Lipinski definition) is 8. The molecule has 1 aliphatic heterocycles. The Morgan fingerprint density at radius 3 is 3.04 bits per heavy atom. The molecule has 0 aliphatic carbocycles. The average molecular weight is 361 g/mol. The Morgan fingerprint density at radius 2 is 2.29 bits per heavy atom. The standard InChI is InChI=1S/C15H15N5O2S2/c1-9-12(24-19-16-9)15(21)20-6-2-4-10(8-20)13-17-18-14(22-13)11-5-3-7-23-11/h3,5,7,10H,2,4,6,8H2,1H3. The normalized spacial score (nSPS) is 18.0. The maximum absolute atomic E-state index is 12.6. The fourth-order valence-corrected chi connectivity index (χ4v) is 4.10. The number of aromatic nitrogens is 4. The molecule has 4 heterocycles. The minimum absolute atomic E-state index is 0.00908. The summed E-state index contributed by atoms with van der Waals surface area (Å²) in [6.45, 7) is 3.13. The highest BCUT2D eigenvalue weighted by atomic mass is 32.1. The quantitative estimate of drug-likeness (QED) is 0.713. The van der Waals surface area contributed by atoms with E-state index in [-0.39, 0.29) is 11.8 Å². The second kappa shape index (κ2) is 6.40. The van der Waals surface area contributed by atoms with E-state index in [2.05, 4.69) is 19.8 Å². The highest BCUT2D eigenvalue weighted by molar-refractivity contribution is 7.13. The lowest BCUT2D eigenvalue weighted by Crippen LogP contribution is -2.39. The van der Waals surface area contributed by atoms with E-state index >= 15 is 0 Å². The topological polar surface area (TPSA) is 85.0 Å². The molecule has 24 heavy (non-hydrogen) atoms. The molecule has 3 aromatic heterocycles. The van der Waals surface area contributed by atoms with E-state index in [9.17, 15) is 4.79 Å². The average Bonchev–Trinajstić information content (AvgIpc) is 3.35. The summed E-state index contributed by atoms with van der Waals surface area (Å²) in [5.74, 6) is 1.22. The van der Waals surface area contributed by atoms with E-state index in [1.54, 1.807) is 11.3 Å². The Bertz CT molecular complexity index is 842. The van der Waals surface area contributed by atoms with Crippen molar-refractivity contribution in [3.63, 3.8) is 0 Å². The van der Waals surface area contributed by atoms with E-state index in [1.165, 1.54) is 0 Å². The zero-order chi connectivity index (χ0) is 16.5. The first-order chi connectivity index (χ1) is 11.7. The first-order valence-electron chi connectivity index (χ1n) is 7.68. The molecule has 1 aliphatic rings. The van der Waals surface area contributed by atoms with E-state index in [4.69, 9.17) is 4.42 Å². The zero-order valence-corrected chi connectivity index (χ0v) is 14.6. The molecule has 3 aromatic rings. The number of amides is 1. The van der Waals surface area contributed by atoms with Crippen LogP contribution in [0.25, 0.3) is 10.8 Å². The van der Waals surface area contributed by atoms with Crippen LogP contribution in [0.15, 0.2) is 21.9 Å². The van der Waals surface area contributed by atoms with Crippen molar-refractivity contribution in [1.82, 2.24) is 24.7 Å². The molecule has 0 radical (unpaired) electrons. The van der Waals surface area contributed by atoms with E-state index < -0.39 is 0 Å². The van der Waals surface area contributed by atoms with Crippen LogP contribution in [0, 0.1) is 6.92 Å². The molecule has 0 bridgehead atoms. The van der Waals surface area contributed by atoms with Crippen molar-refractivity contribution >= 4 is 28.8 Å². The first kappa shape index (κ1) is 15.4. The number of rotatable bonds is 3. The van der Waals surface area contributed by atoms with Crippen LogP contribution in [0.3, 0.4) is 0 Å². The van der Waals surface area contributed by atoms with Crippen LogP contribution >= 0.6 is 22.9 Å². The maximum Gasteiger partial charge on any atom is 0.267 e. The third-order valence-corrected chi connectivity index (χ3v) is 5.75. The monoisotopic (exact) mass is 361 g/mol. The molecule has 1 fully saturated rings. The second-order valence-corrected chi connectivity index (χ2v) is 7.40. The van der Waals surface area contributed by atoms with Crippen LogP contribution in [-0.4, -0.2) is 43.7 Å². The Balaban J connectivity index is 1.51. The van der Waals surface area contributed by atoms with Gasteiger partial charge in [-0.05, 0) is 42.7 Å². The number of aryl methyl sites for hydroxylation is 1. The van der Waals surface area contributed by atoms with Gasteiger partial charge in [-0.15, -0.1) is 26.6 Å². The van der Waals surface area contributed by atoms with Crippen LogP contribution in [-0.2, 0) is 0 Å². The number of likely N-dealkylation sites (tertiary alicyclic amines) is 1. The van der Waals surface area contributed by atoms with Gasteiger partial charge >= 0.3 is 0 Å². The predicted molar refractivity (Wildman–Crippen MR) is 90.1 cm³/mol. The summed E-state index contributed by atoms with van der Waals surface area (Å²) >= 11 is 2.72. The Labute approximate surface area is 146 Å². The molecule has 1 saturated heterocycles. The van der Waals surface area contributed by atoms with Gasteiger partial charge < -0.3 is 9.32 Å². The lowest BCUT2D eigenvalue weighted by Gasteiger charge is -2.30. The third kappa shape index (κ3) is 2.84. The van der Waals surface area contributed by atoms with Crippen LogP contribution in [0.4, 0.5) is 0 Å². The van der Waals surface area contributed by atoms with Gasteiger partial charge in [0, 0.05) is 13.1 Å². The van der Waals surface area contributed by atoms with Crippen LogP contribution in [0.1, 0.15) is 40.0 Å². The highest BCUT2D eigenvalue weighted by Crippen LogP contribution is 2.30. The number of carbonyl (C=O) groups excluding carboxylic acids is 1. The van der Waals surface area contributed by atoms with Gasteiger partial charge in [-0.25, -0.2) is 0 Å². The first-order valence-corrected chi connectivity index (χ1v) is 9.33. The summed E-state index contributed by atoms with van der Waals surface area (Å²) in [6.07, 6.45) is 1.86. The Hall–Kier alpha value is -2.13. The molecule has 4 rings (SSSR count). The Morgan fingerprint density at radius 1 is 1.38 bits per heavy atom. The molecule has 1 unspecified atom stereocenters. The predicted octanol–water partition coefficient (Wildman–Crippen LogP) is 2.98. The minimum atomic E-state index is -0.00908. The van der Waals surface area contributed by atoms with Crippen molar-refractivity contribution in [3.8, 4) is 10.8 Å². The van der Waals surface area contributed by atoms with Crippen molar-refractivity contribution in [2.24, 2.45) is 0 Å². The largest absolute Gasteiger partial charge is 0.420 e. The Kier molecular flexibility index (Phi) is 4.11. The fraction of sp³-hybridized carbons (Fsp3) is 0.400. The molecule has 0 N–H and O–H groups in total.